The number of carboxylic acids is 1. The number of halogens is 1. The Labute approximate surface area is 90.5 Å². The molecular formula is C10H11BrO3. The van der Waals surface area contributed by atoms with Gasteiger partial charge in [0.2, 0.25) is 0 Å². The Morgan fingerprint density at radius 2 is 2.14 bits per heavy atom. The lowest BCUT2D eigenvalue weighted by molar-refractivity contribution is 0.0693. The summed E-state index contributed by atoms with van der Waals surface area (Å²) in [6.45, 7) is 1.85. The molecule has 1 aromatic carbocycles. The first-order chi connectivity index (χ1) is 6.56. The van der Waals surface area contributed by atoms with Crippen LogP contribution in [0.5, 0.6) is 5.75 Å². The summed E-state index contributed by atoms with van der Waals surface area (Å²) in [4.78, 5) is 10.7. The summed E-state index contributed by atoms with van der Waals surface area (Å²) in [6, 6.07) is 3.01. The van der Waals surface area contributed by atoms with E-state index in [0.717, 1.165) is 22.9 Å². The van der Waals surface area contributed by atoms with Crippen LogP contribution in [0.1, 0.15) is 21.5 Å². The summed E-state index contributed by atoms with van der Waals surface area (Å²) in [6.07, 6.45) is 0.756. The molecule has 2 N–H and O–H groups in total. The van der Waals surface area contributed by atoms with E-state index < -0.39 is 5.97 Å². The standard InChI is InChI=1S/C10H11BrO3/c1-6-4-9(12)8(10(13)14)5-7(6)2-3-11/h4-5,12H,2-3H2,1H3,(H,13,14). The number of hydrogen-bond acceptors (Lipinski definition) is 2. The van der Waals surface area contributed by atoms with Gasteiger partial charge in [0, 0.05) is 5.33 Å². The number of benzene rings is 1. The third-order valence-corrected chi connectivity index (χ3v) is 2.44. The van der Waals surface area contributed by atoms with Crippen molar-refractivity contribution < 1.29 is 15.0 Å². The molecule has 3 nitrogen and oxygen atoms in total. The van der Waals surface area contributed by atoms with E-state index in [1.165, 1.54) is 12.1 Å². The summed E-state index contributed by atoms with van der Waals surface area (Å²) in [5.41, 5.74) is 1.82. The molecule has 0 radical (unpaired) electrons. The van der Waals surface area contributed by atoms with Crippen molar-refractivity contribution >= 4 is 21.9 Å². The van der Waals surface area contributed by atoms with E-state index in [2.05, 4.69) is 15.9 Å². The number of carboxylic acid groups (broad SMARTS) is 1. The van der Waals surface area contributed by atoms with Crippen LogP contribution in [0.2, 0.25) is 0 Å². The van der Waals surface area contributed by atoms with E-state index >= 15 is 0 Å². The van der Waals surface area contributed by atoms with Crippen molar-refractivity contribution in [3.8, 4) is 5.75 Å². The summed E-state index contributed by atoms with van der Waals surface area (Å²) in [5, 5.41) is 18.9. The molecule has 1 rings (SSSR count). The van der Waals surface area contributed by atoms with Gasteiger partial charge < -0.3 is 10.2 Å². The maximum Gasteiger partial charge on any atom is 0.339 e. The van der Waals surface area contributed by atoms with Crippen molar-refractivity contribution in [2.24, 2.45) is 0 Å². The van der Waals surface area contributed by atoms with Crippen molar-refractivity contribution in [1.82, 2.24) is 0 Å². The fourth-order valence-electron chi connectivity index (χ4n) is 1.28. The molecule has 0 aliphatic carbocycles. The summed E-state index contributed by atoms with van der Waals surface area (Å²) >= 11 is 3.29. The minimum atomic E-state index is -1.10. The Morgan fingerprint density at radius 3 is 2.64 bits per heavy atom. The highest BCUT2D eigenvalue weighted by atomic mass is 79.9. The highest BCUT2D eigenvalue weighted by Crippen LogP contribution is 2.22. The van der Waals surface area contributed by atoms with Crippen LogP contribution in [0.4, 0.5) is 0 Å². The van der Waals surface area contributed by atoms with Gasteiger partial charge in [0.15, 0.2) is 0 Å². The quantitative estimate of drug-likeness (QED) is 0.819. The topological polar surface area (TPSA) is 57.5 Å². The summed E-state index contributed by atoms with van der Waals surface area (Å²) in [7, 11) is 0. The molecule has 0 amide bonds. The molecule has 0 aromatic heterocycles. The van der Waals surface area contributed by atoms with E-state index in [4.69, 9.17) is 5.11 Å². The smallest absolute Gasteiger partial charge is 0.339 e. The number of alkyl halides is 1. The van der Waals surface area contributed by atoms with E-state index in [-0.39, 0.29) is 11.3 Å². The van der Waals surface area contributed by atoms with Gasteiger partial charge in [-0.1, -0.05) is 15.9 Å². The van der Waals surface area contributed by atoms with E-state index in [1.807, 2.05) is 6.92 Å². The Kier molecular flexibility index (Phi) is 3.52. The molecule has 0 saturated heterocycles. The van der Waals surface area contributed by atoms with Crippen molar-refractivity contribution in [2.75, 3.05) is 5.33 Å². The second-order valence-electron chi connectivity index (χ2n) is 3.04. The number of phenols is 1. The predicted octanol–water partition coefficient (Wildman–Crippen LogP) is 2.34. The summed E-state index contributed by atoms with van der Waals surface area (Å²) < 4.78 is 0. The van der Waals surface area contributed by atoms with Crippen LogP contribution < -0.4 is 0 Å². The zero-order chi connectivity index (χ0) is 10.7. The van der Waals surface area contributed by atoms with Crippen LogP contribution >= 0.6 is 15.9 Å². The van der Waals surface area contributed by atoms with Crippen molar-refractivity contribution in [3.63, 3.8) is 0 Å². The summed E-state index contributed by atoms with van der Waals surface area (Å²) in [5.74, 6) is -1.27. The molecule has 0 aliphatic rings. The maximum atomic E-state index is 10.7. The third kappa shape index (κ3) is 2.26. The second kappa shape index (κ2) is 4.46. The minimum Gasteiger partial charge on any atom is -0.507 e. The van der Waals surface area contributed by atoms with Crippen LogP contribution in [0, 0.1) is 6.92 Å². The number of carbonyl (C=O) groups is 1. The molecule has 0 fully saturated rings. The van der Waals surface area contributed by atoms with E-state index in [1.54, 1.807) is 0 Å². The molecule has 76 valence electrons. The number of aryl methyl sites for hydroxylation is 2. The second-order valence-corrected chi connectivity index (χ2v) is 3.83. The Morgan fingerprint density at radius 1 is 1.50 bits per heavy atom. The molecule has 0 unspecified atom stereocenters. The number of hydrogen-bond donors (Lipinski definition) is 2. The van der Waals surface area contributed by atoms with Gasteiger partial charge in [-0.3, -0.25) is 0 Å². The monoisotopic (exact) mass is 258 g/mol. The largest absolute Gasteiger partial charge is 0.507 e. The minimum absolute atomic E-state index is 0.0356. The normalized spacial score (nSPS) is 10.1. The Hall–Kier alpha value is -1.03. The van der Waals surface area contributed by atoms with Crippen LogP contribution in [0.3, 0.4) is 0 Å². The predicted molar refractivity (Wildman–Crippen MR) is 57.3 cm³/mol. The molecular weight excluding hydrogens is 248 g/mol. The van der Waals surface area contributed by atoms with Gasteiger partial charge in [-0.2, -0.15) is 0 Å². The van der Waals surface area contributed by atoms with Crippen LogP contribution in [0.15, 0.2) is 12.1 Å². The van der Waals surface area contributed by atoms with E-state index in [9.17, 15) is 9.90 Å². The average molecular weight is 259 g/mol. The van der Waals surface area contributed by atoms with Crippen molar-refractivity contribution in [2.45, 2.75) is 13.3 Å². The number of rotatable bonds is 3. The lowest BCUT2D eigenvalue weighted by Crippen LogP contribution is -2.00. The van der Waals surface area contributed by atoms with Gasteiger partial charge >= 0.3 is 5.97 Å². The molecule has 0 heterocycles. The molecule has 0 aliphatic heterocycles. The van der Waals surface area contributed by atoms with E-state index in [0.29, 0.717) is 0 Å². The van der Waals surface area contributed by atoms with Crippen LogP contribution in [-0.4, -0.2) is 21.5 Å². The third-order valence-electron chi connectivity index (χ3n) is 2.05. The Balaban J connectivity index is 3.20. The molecule has 0 bridgehead atoms. The van der Waals surface area contributed by atoms with Gasteiger partial charge in [0.25, 0.3) is 0 Å². The first-order valence-corrected chi connectivity index (χ1v) is 5.30. The first kappa shape index (κ1) is 11.0. The highest BCUT2D eigenvalue weighted by Gasteiger charge is 2.11. The number of aromatic carboxylic acids is 1. The highest BCUT2D eigenvalue weighted by molar-refractivity contribution is 9.09. The lowest BCUT2D eigenvalue weighted by Gasteiger charge is -2.07. The van der Waals surface area contributed by atoms with Gasteiger partial charge in [0.05, 0.1) is 0 Å². The first-order valence-electron chi connectivity index (χ1n) is 4.18. The van der Waals surface area contributed by atoms with Crippen molar-refractivity contribution in [1.29, 1.82) is 0 Å². The average Bonchev–Trinajstić information content (AvgIpc) is 2.09. The molecule has 0 saturated carbocycles. The zero-order valence-corrected chi connectivity index (χ0v) is 9.34. The molecule has 4 heteroatoms. The van der Waals surface area contributed by atoms with Crippen molar-refractivity contribution in [3.05, 3.63) is 28.8 Å². The SMILES string of the molecule is Cc1cc(O)c(C(=O)O)cc1CCBr. The van der Waals surface area contributed by atoms with Crippen LogP contribution in [-0.2, 0) is 6.42 Å². The fourth-order valence-corrected chi connectivity index (χ4v) is 1.71. The van der Waals surface area contributed by atoms with Gasteiger partial charge in [-0.15, -0.1) is 0 Å². The van der Waals surface area contributed by atoms with Gasteiger partial charge in [0.1, 0.15) is 11.3 Å². The molecule has 0 spiro atoms. The lowest BCUT2D eigenvalue weighted by atomic mass is 10.0. The Bertz CT molecular complexity index is 361. The number of aromatic hydroxyl groups is 1. The zero-order valence-electron chi connectivity index (χ0n) is 7.75. The van der Waals surface area contributed by atoms with Gasteiger partial charge in [-0.25, -0.2) is 4.79 Å². The maximum absolute atomic E-state index is 10.7. The fraction of sp³-hybridized carbons (Fsp3) is 0.300. The van der Waals surface area contributed by atoms with Gasteiger partial charge in [-0.05, 0) is 36.6 Å². The molecule has 1 aromatic rings. The van der Waals surface area contributed by atoms with Crippen LogP contribution in [0.25, 0.3) is 0 Å². The molecule has 14 heavy (non-hydrogen) atoms. The molecule has 0 atom stereocenters.